The normalized spacial score (nSPS) is 12.6. The number of hydrogen-bond donors (Lipinski definition) is 1. The van der Waals surface area contributed by atoms with Crippen LogP contribution in [-0.4, -0.2) is 21.4 Å². The average molecular weight is 140 g/mol. The summed E-state index contributed by atoms with van der Waals surface area (Å²) in [6.07, 6.45) is 3.56. The predicted octanol–water partition coefficient (Wildman–Crippen LogP) is 0.194. The largest absolute Gasteiger partial charge is 0.462 e. The quantitative estimate of drug-likeness (QED) is 0.596. The molecule has 1 aromatic rings. The Balaban J connectivity index is 2.59. The first-order valence-corrected chi connectivity index (χ1v) is 2.89. The molecule has 0 saturated heterocycles. The van der Waals surface area contributed by atoms with Crippen LogP contribution in [-0.2, 0) is 0 Å². The van der Waals surface area contributed by atoms with E-state index in [1.54, 1.807) is 0 Å². The lowest BCUT2D eigenvalue weighted by atomic mass is 10.6. The molecule has 4 nitrogen and oxygen atoms in total. The van der Waals surface area contributed by atoms with Crippen molar-refractivity contribution in [1.82, 2.24) is 9.97 Å². The van der Waals surface area contributed by atoms with Crippen LogP contribution in [0.15, 0.2) is 18.7 Å². The van der Waals surface area contributed by atoms with E-state index in [9.17, 15) is 0 Å². The van der Waals surface area contributed by atoms with Crippen molar-refractivity contribution in [3.8, 4) is 5.75 Å². The molecular weight excluding hydrogens is 132 g/mol. The molecule has 1 heterocycles. The smallest absolute Gasteiger partial charge is 0.194 e. The molecule has 1 aromatic heterocycles. The lowest BCUT2D eigenvalue weighted by Gasteiger charge is -2.05. The minimum absolute atomic E-state index is 0.470. The van der Waals surface area contributed by atoms with Crippen LogP contribution in [0.25, 0.3) is 0 Å². The van der Waals surface area contributed by atoms with E-state index in [1.165, 1.54) is 25.6 Å². The fourth-order valence-electron chi connectivity index (χ4n) is 0.543. The van der Waals surface area contributed by atoms with Gasteiger partial charge in [-0.05, 0) is 6.92 Å². The molecule has 54 valence electrons. The van der Waals surface area contributed by atoms with E-state index in [0.717, 1.165) is 0 Å². The van der Waals surface area contributed by atoms with Crippen molar-refractivity contribution in [3.05, 3.63) is 18.7 Å². The van der Waals surface area contributed by atoms with Gasteiger partial charge in [0.2, 0.25) is 0 Å². The van der Waals surface area contributed by atoms with Crippen molar-refractivity contribution < 1.29 is 9.84 Å². The maximum Gasteiger partial charge on any atom is 0.194 e. The highest BCUT2D eigenvalue weighted by Gasteiger charge is 1.95. The highest BCUT2D eigenvalue weighted by molar-refractivity contribution is 5.09. The molecule has 0 aliphatic rings. The number of aliphatic hydroxyl groups is 1. The molecule has 0 aromatic carbocycles. The molecule has 0 radical (unpaired) electrons. The standard InChI is InChI=1S/C6H8N2O2/c1-5(9)10-6-2-7-4-8-3-6/h2-5,9H,1H3. The highest BCUT2D eigenvalue weighted by atomic mass is 16.6. The summed E-state index contributed by atoms with van der Waals surface area (Å²) in [6, 6.07) is 0. The van der Waals surface area contributed by atoms with Crippen molar-refractivity contribution in [2.24, 2.45) is 0 Å². The van der Waals surface area contributed by atoms with E-state index in [0.29, 0.717) is 5.75 Å². The maximum atomic E-state index is 8.73. The molecule has 0 spiro atoms. The van der Waals surface area contributed by atoms with Crippen molar-refractivity contribution in [1.29, 1.82) is 0 Å². The average Bonchev–Trinajstić information content (AvgIpc) is 1.88. The zero-order valence-electron chi connectivity index (χ0n) is 5.56. The molecule has 0 aliphatic heterocycles. The van der Waals surface area contributed by atoms with Crippen LogP contribution in [0.3, 0.4) is 0 Å². The van der Waals surface area contributed by atoms with Gasteiger partial charge in [-0.25, -0.2) is 9.97 Å². The molecule has 1 N–H and O–H groups in total. The second-order valence-electron chi connectivity index (χ2n) is 1.79. The van der Waals surface area contributed by atoms with Gasteiger partial charge < -0.3 is 9.84 Å². The van der Waals surface area contributed by atoms with Gasteiger partial charge in [0, 0.05) is 0 Å². The van der Waals surface area contributed by atoms with E-state index in [-0.39, 0.29) is 0 Å². The Bertz CT molecular complexity index is 188. The predicted molar refractivity (Wildman–Crippen MR) is 34.3 cm³/mol. The SMILES string of the molecule is CC(O)Oc1cncnc1. The van der Waals surface area contributed by atoms with Gasteiger partial charge in [-0.1, -0.05) is 0 Å². The monoisotopic (exact) mass is 140 g/mol. The molecule has 0 amide bonds. The Morgan fingerprint density at radius 2 is 2.10 bits per heavy atom. The molecule has 10 heavy (non-hydrogen) atoms. The molecule has 1 atom stereocenters. The molecule has 0 saturated carbocycles. The Morgan fingerprint density at radius 1 is 1.50 bits per heavy atom. The van der Waals surface area contributed by atoms with Crippen molar-refractivity contribution in [2.75, 3.05) is 0 Å². The molecule has 0 aliphatic carbocycles. The van der Waals surface area contributed by atoms with Crippen LogP contribution in [0.1, 0.15) is 6.92 Å². The second kappa shape index (κ2) is 3.12. The number of ether oxygens (including phenoxy) is 1. The first-order valence-electron chi connectivity index (χ1n) is 2.89. The zero-order chi connectivity index (χ0) is 7.40. The molecule has 0 fully saturated rings. The second-order valence-corrected chi connectivity index (χ2v) is 1.79. The molecule has 1 unspecified atom stereocenters. The topological polar surface area (TPSA) is 55.2 Å². The Morgan fingerprint density at radius 3 is 2.60 bits per heavy atom. The Labute approximate surface area is 58.5 Å². The maximum absolute atomic E-state index is 8.73. The third-order valence-corrected chi connectivity index (χ3v) is 0.844. The van der Waals surface area contributed by atoms with E-state index in [2.05, 4.69) is 9.97 Å². The molecule has 1 rings (SSSR count). The summed E-state index contributed by atoms with van der Waals surface area (Å²) in [5.41, 5.74) is 0. The van der Waals surface area contributed by atoms with Crippen LogP contribution >= 0.6 is 0 Å². The van der Waals surface area contributed by atoms with Crippen LogP contribution in [0.2, 0.25) is 0 Å². The van der Waals surface area contributed by atoms with Gasteiger partial charge in [0.1, 0.15) is 6.33 Å². The third-order valence-electron chi connectivity index (χ3n) is 0.844. The van der Waals surface area contributed by atoms with Gasteiger partial charge in [-0.15, -0.1) is 0 Å². The van der Waals surface area contributed by atoms with Gasteiger partial charge in [0.15, 0.2) is 12.0 Å². The van der Waals surface area contributed by atoms with Gasteiger partial charge in [-0.3, -0.25) is 0 Å². The van der Waals surface area contributed by atoms with Crippen LogP contribution < -0.4 is 4.74 Å². The lowest BCUT2D eigenvalue weighted by Crippen LogP contribution is -2.09. The third kappa shape index (κ3) is 1.99. The summed E-state index contributed by atoms with van der Waals surface area (Å²) < 4.78 is 4.84. The summed E-state index contributed by atoms with van der Waals surface area (Å²) in [7, 11) is 0. The van der Waals surface area contributed by atoms with E-state index >= 15 is 0 Å². The van der Waals surface area contributed by atoms with Gasteiger partial charge in [0.25, 0.3) is 0 Å². The van der Waals surface area contributed by atoms with Gasteiger partial charge >= 0.3 is 0 Å². The van der Waals surface area contributed by atoms with Crippen LogP contribution in [0.5, 0.6) is 5.75 Å². The fraction of sp³-hybridized carbons (Fsp3) is 0.333. The van der Waals surface area contributed by atoms with Crippen molar-refractivity contribution in [2.45, 2.75) is 13.2 Å². The Kier molecular flexibility index (Phi) is 2.17. The first kappa shape index (κ1) is 6.95. The van der Waals surface area contributed by atoms with E-state index in [4.69, 9.17) is 9.84 Å². The van der Waals surface area contributed by atoms with E-state index < -0.39 is 6.29 Å². The van der Waals surface area contributed by atoms with Gasteiger partial charge in [-0.2, -0.15) is 0 Å². The summed E-state index contributed by atoms with van der Waals surface area (Å²) in [6.45, 7) is 1.52. The number of hydrogen-bond acceptors (Lipinski definition) is 4. The zero-order valence-corrected chi connectivity index (χ0v) is 5.56. The van der Waals surface area contributed by atoms with Gasteiger partial charge in [0.05, 0.1) is 12.4 Å². The van der Waals surface area contributed by atoms with Crippen LogP contribution in [0.4, 0.5) is 0 Å². The summed E-state index contributed by atoms with van der Waals surface area (Å²) in [5.74, 6) is 0.470. The first-order chi connectivity index (χ1) is 4.79. The van der Waals surface area contributed by atoms with E-state index in [1.807, 2.05) is 0 Å². The molecule has 4 heteroatoms. The number of nitrogens with zero attached hydrogens (tertiary/aromatic N) is 2. The minimum atomic E-state index is -0.814. The van der Waals surface area contributed by atoms with Crippen molar-refractivity contribution >= 4 is 0 Å². The summed E-state index contributed by atoms with van der Waals surface area (Å²) in [5, 5.41) is 8.73. The fourth-order valence-corrected chi connectivity index (χ4v) is 0.543. The Hall–Kier alpha value is -1.16. The summed E-state index contributed by atoms with van der Waals surface area (Å²) in [4.78, 5) is 7.38. The number of aromatic nitrogens is 2. The van der Waals surface area contributed by atoms with Crippen LogP contribution in [0, 0.1) is 0 Å². The molecule has 0 bridgehead atoms. The molecular formula is C6H8N2O2. The summed E-state index contributed by atoms with van der Waals surface area (Å²) >= 11 is 0. The lowest BCUT2D eigenvalue weighted by molar-refractivity contribution is -0.000849. The number of aliphatic hydroxyl groups excluding tert-OH is 1. The number of rotatable bonds is 2. The minimum Gasteiger partial charge on any atom is -0.462 e. The van der Waals surface area contributed by atoms with Crippen molar-refractivity contribution in [3.63, 3.8) is 0 Å². The highest BCUT2D eigenvalue weighted by Crippen LogP contribution is 2.04.